The molecule has 2 aromatic rings. The van der Waals surface area contributed by atoms with Crippen LogP contribution in [0.5, 0.6) is 0 Å². The molecule has 0 amide bonds. The number of methoxy groups -OCH3 is 1. The Morgan fingerprint density at radius 1 is 1.05 bits per heavy atom. The van der Waals surface area contributed by atoms with Gasteiger partial charge in [-0.15, -0.1) is 18.8 Å². The molecule has 3 heteroatoms. The third kappa shape index (κ3) is 7.95. The van der Waals surface area contributed by atoms with E-state index in [0.717, 1.165) is 17.7 Å². The minimum absolute atomic E-state index is 0.186. The van der Waals surface area contributed by atoms with Gasteiger partial charge in [-0.2, -0.15) is 0 Å². The maximum Gasteiger partial charge on any atom is 0.0571 e. The highest BCUT2D eigenvalue weighted by Gasteiger charge is 2.52. The van der Waals surface area contributed by atoms with Gasteiger partial charge in [-0.05, 0) is 84.6 Å². The Balaban J connectivity index is 0.000000595. The molecule has 1 saturated carbocycles. The van der Waals surface area contributed by atoms with Crippen LogP contribution in [-0.2, 0) is 16.6 Å². The first-order valence-electron chi connectivity index (χ1n) is 13.6. The Morgan fingerprint density at radius 2 is 1.65 bits per heavy atom. The fourth-order valence-corrected chi connectivity index (χ4v) is 5.36. The van der Waals surface area contributed by atoms with Crippen molar-refractivity contribution in [2.75, 3.05) is 13.7 Å². The predicted molar refractivity (Wildman–Crippen MR) is 160 cm³/mol. The van der Waals surface area contributed by atoms with Crippen molar-refractivity contribution in [2.45, 2.75) is 99.0 Å². The van der Waals surface area contributed by atoms with Crippen LogP contribution in [-0.4, -0.2) is 24.7 Å². The van der Waals surface area contributed by atoms with Gasteiger partial charge in [0.2, 0.25) is 0 Å². The maximum atomic E-state index is 5.63. The number of rotatable bonds is 2. The molecule has 0 atom stereocenters. The van der Waals surface area contributed by atoms with E-state index in [-0.39, 0.29) is 5.41 Å². The summed E-state index contributed by atoms with van der Waals surface area (Å²) in [5.74, 6) is 6.08. The first-order valence-corrected chi connectivity index (χ1v) is 13.6. The van der Waals surface area contributed by atoms with Gasteiger partial charge in [-0.3, -0.25) is 4.98 Å². The topological polar surface area (TPSA) is 48.1 Å². The molecule has 1 aromatic heterocycles. The molecule has 1 aromatic carbocycles. The van der Waals surface area contributed by atoms with Gasteiger partial charge in [0.05, 0.1) is 6.10 Å². The minimum Gasteiger partial charge on any atom is -0.381 e. The molecule has 4 rings (SSSR count). The maximum absolute atomic E-state index is 5.63. The molecule has 0 radical (unpaired) electrons. The standard InChI is InChI=1S/C25H29NO.C5H13N.C2H6.C2H2/c1-5-6-18-13-21(17-26-16-18)19-7-8-20-15-25(24(2,3)23(20)14-19)11-9-22(27-4)10-12-25;1-5(2,3)4-6;2*1-2/h7-8,13-14,16-17,22H,9-12,15H2,1-4H3;4,6H2,1-3H3;1-2H3;1-2H. The van der Waals surface area contributed by atoms with Crippen LogP contribution in [0.2, 0.25) is 0 Å². The highest BCUT2D eigenvalue weighted by Crippen LogP contribution is 2.59. The number of hydrogen-bond donors (Lipinski definition) is 1. The Bertz CT molecular complexity index is 1050. The number of benzene rings is 1. The molecule has 37 heavy (non-hydrogen) atoms. The molecule has 2 aliphatic carbocycles. The Morgan fingerprint density at radius 3 is 2.16 bits per heavy atom. The van der Waals surface area contributed by atoms with Crippen molar-refractivity contribution in [3.63, 3.8) is 0 Å². The van der Waals surface area contributed by atoms with Gasteiger partial charge in [-0.1, -0.05) is 72.6 Å². The Hall–Kier alpha value is -2.59. The SMILES string of the molecule is C#C.CC.CC#Cc1cncc(-c2ccc3c(c2)C(C)(C)C2(CCC(OC)CC2)C3)c1.CC(C)(C)CN. The molecule has 2 aliphatic rings. The summed E-state index contributed by atoms with van der Waals surface area (Å²) >= 11 is 0. The molecule has 0 aliphatic heterocycles. The van der Waals surface area contributed by atoms with Gasteiger partial charge < -0.3 is 10.5 Å². The monoisotopic (exact) mass is 502 g/mol. The van der Waals surface area contributed by atoms with E-state index in [4.69, 9.17) is 10.5 Å². The van der Waals surface area contributed by atoms with E-state index < -0.39 is 0 Å². The van der Waals surface area contributed by atoms with Crippen LogP contribution in [0.3, 0.4) is 0 Å². The number of nitrogens with two attached hydrogens (primary N) is 1. The second kappa shape index (κ2) is 14.4. The first kappa shape index (κ1) is 32.4. The molecule has 2 N–H and O–H groups in total. The van der Waals surface area contributed by atoms with Gasteiger partial charge in [0.15, 0.2) is 0 Å². The summed E-state index contributed by atoms with van der Waals surface area (Å²) in [4.78, 5) is 4.39. The van der Waals surface area contributed by atoms with E-state index in [1.54, 1.807) is 0 Å². The fourth-order valence-electron chi connectivity index (χ4n) is 5.36. The van der Waals surface area contributed by atoms with Gasteiger partial charge in [0.25, 0.3) is 0 Å². The van der Waals surface area contributed by atoms with Crippen molar-refractivity contribution in [3.05, 3.63) is 53.3 Å². The minimum atomic E-state index is 0.186. The summed E-state index contributed by atoms with van der Waals surface area (Å²) < 4.78 is 5.63. The van der Waals surface area contributed by atoms with Crippen LogP contribution in [0.25, 0.3) is 11.1 Å². The lowest BCUT2D eigenvalue weighted by molar-refractivity contribution is 0.00355. The number of pyridine rings is 1. The molecule has 202 valence electrons. The van der Waals surface area contributed by atoms with E-state index in [0.29, 0.717) is 16.9 Å². The number of fused-ring (bicyclic) bond motifs is 1. The highest BCUT2D eigenvalue weighted by molar-refractivity contribution is 5.67. The van der Waals surface area contributed by atoms with Crippen LogP contribution in [0.4, 0.5) is 0 Å². The lowest BCUT2D eigenvalue weighted by atomic mass is 9.59. The van der Waals surface area contributed by atoms with E-state index in [9.17, 15) is 0 Å². The first-order chi connectivity index (χ1) is 17.5. The highest BCUT2D eigenvalue weighted by atomic mass is 16.5. The average Bonchev–Trinajstić information content (AvgIpc) is 3.12. The van der Waals surface area contributed by atoms with Gasteiger partial charge in [0, 0.05) is 30.6 Å². The third-order valence-electron chi connectivity index (χ3n) is 7.81. The zero-order chi connectivity index (χ0) is 28.3. The average molecular weight is 503 g/mol. The van der Waals surface area contributed by atoms with E-state index in [1.807, 2.05) is 40.3 Å². The van der Waals surface area contributed by atoms with Crippen molar-refractivity contribution in [2.24, 2.45) is 16.6 Å². The summed E-state index contributed by atoms with van der Waals surface area (Å²) in [5, 5.41) is 0. The normalized spacial score (nSPS) is 20.9. The molecular formula is C34H50N2O. The largest absolute Gasteiger partial charge is 0.381 e. The summed E-state index contributed by atoms with van der Waals surface area (Å²) in [6.45, 7) is 17.9. The van der Waals surface area contributed by atoms with Crippen LogP contribution >= 0.6 is 0 Å². The van der Waals surface area contributed by atoms with Crippen molar-refractivity contribution >= 4 is 0 Å². The summed E-state index contributed by atoms with van der Waals surface area (Å²) in [6.07, 6.45) is 18.3. The number of ether oxygens (including phenoxy) is 1. The van der Waals surface area contributed by atoms with Crippen molar-refractivity contribution in [1.82, 2.24) is 4.98 Å². The molecule has 0 unspecified atom stereocenters. The van der Waals surface area contributed by atoms with Crippen LogP contribution in [0, 0.1) is 35.5 Å². The van der Waals surface area contributed by atoms with Crippen LogP contribution in [0.15, 0.2) is 36.7 Å². The third-order valence-corrected chi connectivity index (χ3v) is 7.81. The summed E-state index contributed by atoms with van der Waals surface area (Å²) in [7, 11) is 1.86. The fraction of sp³-hybridized carbons (Fsp3) is 0.559. The predicted octanol–water partition coefficient (Wildman–Crippen LogP) is 7.80. The van der Waals surface area contributed by atoms with Crippen LogP contribution in [0.1, 0.15) is 97.8 Å². The molecule has 1 heterocycles. The van der Waals surface area contributed by atoms with E-state index in [1.165, 1.54) is 48.8 Å². The smallest absolute Gasteiger partial charge is 0.0571 e. The molecule has 1 spiro atoms. The summed E-state index contributed by atoms with van der Waals surface area (Å²) in [5.41, 5.74) is 12.6. The molecular weight excluding hydrogens is 452 g/mol. The number of aromatic nitrogens is 1. The second-order valence-corrected chi connectivity index (χ2v) is 11.5. The molecule has 1 fully saturated rings. The Labute approximate surface area is 228 Å². The number of nitrogens with zero attached hydrogens (tertiary/aromatic N) is 1. The zero-order valence-electron chi connectivity index (χ0n) is 24.9. The van der Waals surface area contributed by atoms with E-state index in [2.05, 4.69) is 88.6 Å². The van der Waals surface area contributed by atoms with Crippen LogP contribution < -0.4 is 5.73 Å². The van der Waals surface area contributed by atoms with Crippen molar-refractivity contribution in [3.8, 4) is 35.8 Å². The molecule has 0 saturated heterocycles. The Kier molecular flexibility index (Phi) is 12.6. The number of terminal acetylenes is 1. The van der Waals surface area contributed by atoms with Crippen molar-refractivity contribution < 1.29 is 4.74 Å². The quantitative estimate of drug-likeness (QED) is 0.426. The molecule has 0 bridgehead atoms. The van der Waals surface area contributed by atoms with Crippen molar-refractivity contribution in [1.29, 1.82) is 0 Å². The molecule has 3 nitrogen and oxygen atoms in total. The zero-order valence-corrected chi connectivity index (χ0v) is 24.9. The van der Waals surface area contributed by atoms with Gasteiger partial charge in [-0.25, -0.2) is 0 Å². The lowest BCUT2D eigenvalue weighted by Crippen LogP contribution is -2.42. The van der Waals surface area contributed by atoms with Gasteiger partial charge >= 0.3 is 0 Å². The summed E-state index contributed by atoms with van der Waals surface area (Å²) in [6, 6.07) is 9.16. The number of hydrogen-bond acceptors (Lipinski definition) is 3. The second-order valence-electron chi connectivity index (χ2n) is 11.5. The van der Waals surface area contributed by atoms with E-state index >= 15 is 0 Å². The van der Waals surface area contributed by atoms with Gasteiger partial charge in [0.1, 0.15) is 0 Å². The lowest BCUT2D eigenvalue weighted by Gasteiger charge is -2.46.